The number of carbonyl (C=O) groups excluding carboxylic acids is 1. The summed E-state index contributed by atoms with van der Waals surface area (Å²) in [5.74, 6) is 0.702. The maximum atomic E-state index is 12.4. The minimum absolute atomic E-state index is 0.0301. The van der Waals surface area contributed by atoms with Crippen LogP contribution in [0.4, 0.5) is 0 Å². The van der Waals surface area contributed by atoms with E-state index in [9.17, 15) is 13.2 Å². The van der Waals surface area contributed by atoms with Crippen molar-refractivity contribution in [2.24, 2.45) is 5.92 Å². The van der Waals surface area contributed by atoms with Gasteiger partial charge < -0.3 is 14.8 Å². The molecule has 0 aromatic heterocycles. The van der Waals surface area contributed by atoms with Gasteiger partial charge in [0.1, 0.15) is 0 Å². The number of carbonyl (C=O) groups is 1. The first-order chi connectivity index (χ1) is 11.5. The van der Waals surface area contributed by atoms with E-state index >= 15 is 0 Å². The first kappa shape index (κ1) is 18.6. The van der Waals surface area contributed by atoms with Crippen LogP contribution in [-0.4, -0.2) is 40.8 Å². The Labute approximate surface area is 143 Å². The second kappa shape index (κ2) is 8.37. The first-order valence-corrected chi connectivity index (χ1v) is 9.85. The Bertz CT molecular complexity index is 666. The molecule has 1 amide bonds. The van der Waals surface area contributed by atoms with Gasteiger partial charge in [-0.2, -0.15) is 0 Å². The number of amides is 1. The maximum absolute atomic E-state index is 12.4. The Morgan fingerprint density at radius 2 is 1.79 bits per heavy atom. The van der Waals surface area contributed by atoms with E-state index in [0.717, 1.165) is 25.7 Å². The van der Waals surface area contributed by atoms with Crippen molar-refractivity contribution < 1.29 is 22.7 Å². The van der Waals surface area contributed by atoms with Gasteiger partial charge in [-0.15, -0.1) is 0 Å². The molecule has 1 aromatic carbocycles. The third kappa shape index (κ3) is 4.63. The summed E-state index contributed by atoms with van der Waals surface area (Å²) in [7, 11) is -0.545. The number of hydrogen-bond acceptors (Lipinski definition) is 5. The highest BCUT2D eigenvalue weighted by Crippen LogP contribution is 2.29. The van der Waals surface area contributed by atoms with E-state index in [0.29, 0.717) is 11.5 Å². The number of sulfone groups is 1. The number of nitrogens with one attached hydrogen (secondary N) is 1. The van der Waals surface area contributed by atoms with Crippen LogP contribution in [0.2, 0.25) is 0 Å². The zero-order valence-electron chi connectivity index (χ0n) is 14.2. The van der Waals surface area contributed by atoms with E-state index in [2.05, 4.69) is 5.32 Å². The van der Waals surface area contributed by atoms with Crippen LogP contribution in [0.1, 0.15) is 32.1 Å². The molecule has 0 saturated heterocycles. The lowest BCUT2D eigenvalue weighted by atomic mass is 9.89. The topological polar surface area (TPSA) is 81.7 Å². The molecule has 2 rings (SSSR count). The van der Waals surface area contributed by atoms with E-state index < -0.39 is 9.84 Å². The molecule has 1 aliphatic carbocycles. The molecule has 1 fully saturated rings. The molecule has 0 atom stereocenters. The zero-order valence-corrected chi connectivity index (χ0v) is 15.0. The lowest BCUT2D eigenvalue weighted by molar-refractivity contribution is -0.125. The summed E-state index contributed by atoms with van der Waals surface area (Å²) in [6, 6.07) is 4.49. The van der Waals surface area contributed by atoms with Gasteiger partial charge in [0.05, 0.1) is 24.9 Å². The lowest BCUT2D eigenvalue weighted by Gasteiger charge is -2.20. The molecule has 1 aliphatic rings. The van der Waals surface area contributed by atoms with Crippen LogP contribution in [0.5, 0.6) is 11.5 Å². The molecular weight excluding hydrogens is 330 g/mol. The average Bonchev–Trinajstić information content (AvgIpc) is 2.61. The molecule has 0 heterocycles. The van der Waals surface area contributed by atoms with Crippen LogP contribution in [0.3, 0.4) is 0 Å². The van der Waals surface area contributed by atoms with Crippen molar-refractivity contribution in [2.45, 2.75) is 37.0 Å². The van der Waals surface area contributed by atoms with E-state index in [-0.39, 0.29) is 29.0 Å². The number of ether oxygens (including phenoxy) is 2. The van der Waals surface area contributed by atoms with Crippen LogP contribution >= 0.6 is 0 Å². The number of benzene rings is 1. The normalized spacial score (nSPS) is 15.8. The van der Waals surface area contributed by atoms with E-state index in [1.807, 2.05) is 0 Å². The van der Waals surface area contributed by atoms with Crippen LogP contribution in [0, 0.1) is 5.92 Å². The second-order valence-electron chi connectivity index (χ2n) is 5.96. The smallest absolute Gasteiger partial charge is 0.223 e. The van der Waals surface area contributed by atoms with Gasteiger partial charge in [-0.25, -0.2) is 8.42 Å². The fourth-order valence-electron chi connectivity index (χ4n) is 2.95. The fraction of sp³-hybridized carbons (Fsp3) is 0.588. The van der Waals surface area contributed by atoms with Gasteiger partial charge in [-0.3, -0.25) is 4.79 Å². The third-order valence-electron chi connectivity index (χ3n) is 4.36. The molecule has 1 aromatic rings. The van der Waals surface area contributed by atoms with Crippen molar-refractivity contribution in [3.63, 3.8) is 0 Å². The van der Waals surface area contributed by atoms with E-state index in [1.54, 1.807) is 6.07 Å². The highest BCUT2D eigenvalue weighted by molar-refractivity contribution is 7.91. The van der Waals surface area contributed by atoms with Gasteiger partial charge in [-0.1, -0.05) is 19.3 Å². The molecule has 0 spiro atoms. The van der Waals surface area contributed by atoms with E-state index in [4.69, 9.17) is 9.47 Å². The van der Waals surface area contributed by atoms with Crippen molar-refractivity contribution >= 4 is 15.7 Å². The largest absolute Gasteiger partial charge is 0.493 e. The molecule has 0 radical (unpaired) electrons. The van der Waals surface area contributed by atoms with Crippen molar-refractivity contribution in [1.82, 2.24) is 5.32 Å². The van der Waals surface area contributed by atoms with E-state index in [1.165, 1.54) is 32.8 Å². The summed E-state index contributed by atoms with van der Waals surface area (Å²) in [6.45, 7) is 0.117. The van der Waals surface area contributed by atoms with Crippen molar-refractivity contribution in [2.75, 3.05) is 26.5 Å². The molecule has 1 saturated carbocycles. The number of hydrogen-bond donors (Lipinski definition) is 1. The summed E-state index contributed by atoms with van der Waals surface area (Å²) in [5, 5.41) is 2.76. The highest BCUT2D eigenvalue weighted by Gasteiger charge is 2.22. The molecular formula is C17H25NO5S. The molecule has 0 bridgehead atoms. The minimum atomic E-state index is -3.49. The second-order valence-corrected chi connectivity index (χ2v) is 8.07. The van der Waals surface area contributed by atoms with Crippen LogP contribution in [0.15, 0.2) is 23.1 Å². The van der Waals surface area contributed by atoms with Gasteiger partial charge in [0.15, 0.2) is 21.3 Å². The van der Waals surface area contributed by atoms with Crippen molar-refractivity contribution in [1.29, 1.82) is 0 Å². The predicted octanol–water partition coefficient (Wildman–Crippen LogP) is 2.17. The summed E-state index contributed by atoms with van der Waals surface area (Å²) >= 11 is 0. The predicted molar refractivity (Wildman–Crippen MR) is 91.2 cm³/mol. The van der Waals surface area contributed by atoms with Gasteiger partial charge in [0, 0.05) is 18.5 Å². The summed E-state index contributed by atoms with van der Waals surface area (Å²) in [6.07, 6.45) is 5.12. The zero-order chi connectivity index (χ0) is 17.6. The van der Waals surface area contributed by atoms with Gasteiger partial charge in [0.2, 0.25) is 5.91 Å². The van der Waals surface area contributed by atoms with Crippen LogP contribution < -0.4 is 14.8 Å². The Hall–Kier alpha value is -1.76. The molecule has 0 unspecified atom stereocenters. The molecule has 134 valence electrons. The standard InChI is InChI=1S/C17H25NO5S/c1-22-15-9-8-14(12-16(15)23-2)24(20,21)11-10-18-17(19)13-6-4-3-5-7-13/h8-9,12-13H,3-7,10-11H2,1-2H3,(H,18,19). The summed E-state index contributed by atoms with van der Waals surface area (Å²) in [5.41, 5.74) is 0. The molecule has 6 nitrogen and oxygen atoms in total. The highest BCUT2D eigenvalue weighted by atomic mass is 32.2. The van der Waals surface area contributed by atoms with Crippen molar-refractivity contribution in [3.05, 3.63) is 18.2 Å². The van der Waals surface area contributed by atoms with Crippen molar-refractivity contribution in [3.8, 4) is 11.5 Å². The Balaban J connectivity index is 1.94. The Kier molecular flexibility index (Phi) is 6.48. The summed E-state index contributed by atoms with van der Waals surface area (Å²) in [4.78, 5) is 12.2. The Morgan fingerprint density at radius 1 is 1.12 bits per heavy atom. The molecule has 1 N–H and O–H groups in total. The van der Waals surface area contributed by atoms with Crippen LogP contribution in [-0.2, 0) is 14.6 Å². The quantitative estimate of drug-likeness (QED) is 0.811. The molecule has 24 heavy (non-hydrogen) atoms. The van der Waals surface area contributed by atoms with Gasteiger partial charge in [-0.05, 0) is 25.0 Å². The lowest BCUT2D eigenvalue weighted by Crippen LogP contribution is -2.35. The Morgan fingerprint density at radius 3 is 2.42 bits per heavy atom. The SMILES string of the molecule is COc1ccc(S(=O)(=O)CCNC(=O)C2CCCCC2)cc1OC. The molecule has 7 heteroatoms. The average molecular weight is 355 g/mol. The van der Waals surface area contributed by atoms with Gasteiger partial charge >= 0.3 is 0 Å². The monoisotopic (exact) mass is 355 g/mol. The molecule has 0 aliphatic heterocycles. The summed E-state index contributed by atoms with van der Waals surface area (Å²) < 4.78 is 35.1. The minimum Gasteiger partial charge on any atom is -0.493 e. The number of methoxy groups -OCH3 is 2. The maximum Gasteiger partial charge on any atom is 0.223 e. The first-order valence-electron chi connectivity index (χ1n) is 8.20. The number of rotatable bonds is 7. The van der Waals surface area contributed by atoms with Gasteiger partial charge in [0.25, 0.3) is 0 Å². The fourth-order valence-corrected chi connectivity index (χ4v) is 4.11. The van der Waals surface area contributed by atoms with Crippen LogP contribution in [0.25, 0.3) is 0 Å². The third-order valence-corrected chi connectivity index (χ3v) is 6.07.